The van der Waals surface area contributed by atoms with E-state index >= 15 is 0 Å². The normalized spacial score (nSPS) is 10.1. The Balaban J connectivity index is 3.00. The molecule has 0 spiro atoms. The summed E-state index contributed by atoms with van der Waals surface area (Å²) in [7, 11) is 1.94. The van der Waals surface area contributed by atoms with E-state index in [1.807, 2.05) is 25.2 Å². The minimum Gasteiger partial charge on any atom is -0.316 e. The number of benzene rings is 1. The van der Waals surface area contributed by atoms with Crippen LogP contribution in [0.1, 0.15) is 5.56 Å². The molecule has 0 unspecified atom stereocenters. The van der Waals surface area contributed by atoms with E-state index in [2.05, 4.69) is 37.2 Å². The summed E-state index contributed by atoms with van der Waals surface area (Å²) in [6.07, 6.45) is 0. The molecule has 0 aromatic heterocycles. The second-order valence-corrected chi connectivity index (χ2v) is 3.94. The van der Waals surface area contributed by atoms with E-state index in [-0.39, 0.29) is 0 Å². The smallest absolute Gasteiger partial charge is 0.0231 e. The molecule has 3 heteroatoms. The minimum absolute atomic E-state index is 0.877. The highest BCUT2D eigenvalue weighted by Gasteiger charge is 2.01. The Labute approximate surface area is 83.4 Å². The Bertz CT molecular complexity index is 228. The topological polar surface area (TPSA) is 12.0 Å². The fraction of sp³-hybridized carbons (Fsp3) is 0.250. The third-order valence-corrected chi connectivity index (χ3v) is 2.90. The van der Waals surface area contributed by atoms with Gasteiger partial charge in [-0.05, 0) is 24.7 Å². The van der Waals surface area contributed by atoms with Crippen molar-refractivity contribution in [3.8, 4) is 0 Å². The standard InChI is InChI=1S/C8H9Br2N/c1-11-5-6-7(9)3-2-4-8(6)10/h2-4,11H,5H2,1H3. The van der Waals surface area contributed by atoms with Crippen LogP contribution in [0, 0.1) is 0 Å². The molecule has 0 aliphatic heterocycles. The third kappa shape index (κ3) is 2.29. The highest BCUT2D eigenvalue weighted by Crippen LogP contribution is 2.24. The zero-order valence-corrected chi connectivity index (χ0v) is 9.37. The van der Waals surface area contributed by atoms with Crippen LogP contribution in [-0.4, -0.2) is 7.05 Å². The van der Waals surface area contributed by atoms with E-state index in [9.17, 15) is 0 Å². The molecule has 0 aliphatic rings. The zero-order chi connectivity index (χ0) is 8.27. The van der Waals surface area contributed by atoms with Gasteiger partial charge in [0.25, 0.3) is 0 Å². The lowest BCUT2D eigenvalue weighted by Gasteiger charge is -2.05. The maximum absolute atomic E-state index is 3.48. The van der Waals surface area contributed by atoms with Crippen LogP contribution in [0.5, 0.6) is 0 Å². The van der Waals surface area contributed by atoms with E-state index in [1.165, 1.54) is 5.56 Å². The molecule has 0 aliphatic carbocycles. The molecule has 1 aromatic carbocycles. The second kappa shape index (κ2) is 4.24. The van der Waals surface area contributed by atoms with Crippen molar-refractivity contribution in [1.82, 2.24) is 5.32 Å². The second-order valence-electron chi connectivity index (χ2n) is 2.23. The zero-order valence-electron chi connectivity index (χ0n) is 6.20. The van der Waals surface area contributed by atoms with Crippen molar-refractivity contribution >= 4 is 31.9 Å². The number of nitrogens with one attached hydrogen (secondary N) is 1. The molecule has 0 bridgehead atoms. The average molecular weight is 279 g/mol. The maximum atomic E-state index is 3.48. The quantitative estimate of drug-likeness (QED) is 0.877. The summed E-state index contributed by atoms with van der Waals surface area (Å²) in [5.41, 5.74) is 1.26. The molecular weight excluding hydrogens is 270 g/mol. The lowest BCUT2D eigenvalue weighted by atomic mass is 10.2. The van der Waals surface area contributed by atoms with Crippen molar-refractivity contribution < 1.29 is 0 Å². The van der Waals surface area contributed by atoms with E-state index < -0.39 is 0 Å². The summed E-state index contributed by atoms with van der Waals surface area (Å²) in [5.74, 6) is 0. The number of rotatable bonds is 2. The van der Waals surface area contributed by atoms with Gasteiger partial charge in [-0.1, -0.05) is 37.9 Å². The highest BCUT2D eigenvalue weighted by atomic mass is 79.9. The van der Waals surface area contributed by atoms with Crippen molar-refractivity contribution in [2.45, 2.75) is 6.54 Å². The van der Waals surface area contributed by atoms with Crippen LogP contribution < -0.4 is 5.32 Å². The lowest BCUT2D eigenvalue weighted by molar-refractivity contribution is 0.811. The lowest BCUT2D eigenvalue weighted by Crippen LogP contribution is -2.06. The molecule has 1 N–H and O–H groups in total. The Morgan fingerprint density at radius 3 is 2.27 bits per heavy atom. The van der Waals surface area contributed by atoms with Crippen LogP contribution in [0.4, 0.5) is 0 Å². The predicted octanol–water partition coefficient (Wildman–Crippen LogP) is 2.93. The van der Waals surface area contributed by atoms with Crippen molar-refractivity contribution in [2.75, 3.05) is 7.05 Å². The van der Waals surface area contributed by atoms with Gasteiger partial charge in [-0.25, -0.2) is 0 Å². The van der Waals surface area contributed by atoms with Crippen LogP contribution in [0.15, 0.2) is 27.1 Å². The largest absolute Gasteiger partial charge is 0.316 e. The van der Waals surface area contributed by atoms with Gasteiger partial charge in [0.05, 0.1) is 0 Å². The number of hydrogen-bond acceptors (Lipinski definition) is 1. The molecule has 0 fully saturated rings. The molecular formula is C8H9Br2N. The first kappa shape index (κ1) is 9.23. The van der Waals surface area contributed by atoms with Gasteiger partial charge in [0, 0.05) is 15.5 Å². The maximum Gasteiger partial charge on any atom is 0.0231 e. The molecule has 1 nitrogen and oxygen atoms in total. The van der Waals surface area contributed by atoms with Gasteiger partial charge in [0.15, 0.2) is 0 Å². The Kier molecular flexibility index (Phi) is 3.55. The molecule has 0 saturated carbocycles. The van der Waals surface area contributed by atoms with Gasteiger partial charge in [0.2, 0.25) is 0 Å². The Morgan fingerprint density at radius 1 is 1.27 bits per heavy atom. The van der Waals surface area contributed by atoms with E-state index in [1.54, 1.807) is 0 Å². The van der Waals surface area contributed by atoms with E-state index in [0.29, 0.717) is 0 Å². The number of halogens is 2. The summed E-state index contributed by atoms with van der Waals surface area (Å²) in [5, 5.41) is 3.11. The SMILES string of the molecule is CNCc1c(Br)cccc1Br. The van der Waals surface area contributed by atoms with Crippen LogP contribution in [0.3, 0.4) is 0 Å². The van der Waals surface area contributed by atoms with E-state index in [0.717, 1.165) is 15.5 Å². The van der Waals surface area contributed by atoms with Crippen molar-refractivity contribution in [2.24, 2.45) is 0 Å². The number of hydrogen-bond donors (Lipinski definition) is 1. The van der Waals surface area contributed by atoms with Crippen LogP contribution in [0.25, 0.3) is 0 Å². The summed E-state index contributed by atoms with van der Waals surface area (Å²) in [6.45, 7) is 0.877. The summed E-state index contributed by atoms with van der Waals surface area (Å²) < 4.78 is 2.28. The molecule has 11 heavy (non-hydrogen) atoms. The fourth-order valence-corrected chi connectivity index (χ4v) is 2.16. The minimum atomic E-state index is 0.877. The van der Waals surface area contributed by atoms with Gasteiger partial charge in [-0.15, -0.1) is 0 Å². The van der Waals surface area contributed by atoms with Gasteiger partial charge < -0.3 is 5.32 Å². The van der Waals surface area contributed by atoms with Gasteiger partial charge in [0.1, 0.15) is 0 Å². The average Bonchev–Trinajstić information content (AvgIpc) is 1.97. The molecule has 0 heterocycles. The summed E-state index contributed by atoms with van der Waals surface area (Å²) >= 11 is 6.96. The van der Waals surface area contributed by atoms with Crippen molar-refractivity contribution in [3.05, 3.63) is 32.7 Å². The van der Waals surface area contributed by atoms with Crippen LogP contribution in [0.2, 0.25) is 0 Å². The molecule has 0 amide bonds. The molecule has 60 valence electrons. The van der Waals surface area contributed by atoms with E-state index in [4.69, 9.17) is 0 Å². The van der Waals surface area contributed by atoms with Crippen molar-refractivity contribution in [3.63, 3.8) is 0 Å². The highest BCUT2D eigenvalue weighted by molar-refractivity contribution is 9.11. The predicted molar refractivity (Wildman–Crippen MR) is 54.6 cm³/mol. The Hall–Kier alpha value is 0.140. The van der Waals surface area contributed by atoms with Gasteiger partial charge >= 0.3 is 0 Å². The molecule has 1 aromatic rings. The van der Waals surface area contributed by atoms with Gasteiger partial charge in [-0.2, -0.15) is 0 Å². The fourth-order valence-electron chi connectivity index (χ4n) is 0.878. The summed E-state index contributed by atoms with van der Waals surface area (Å²) in [6, 6.07) is 6.09. The first-order valence-electron chi connectivity index (χ1n) is 3.33. The molecule has 0 radical (unpaired) electrons. The van der Waals surface area contributed by atoms with Crippen LogP contribution >= 0.6 is 31.9 Å². The first-order valence-corrected chi connectivity index (χ1v) is 4.92. The van der Waals surface area contributed by atoms with Crippen molar-refractivity contribution in [1.29, 1.82) is 0 Å². The van der Waals surface area contributed by atoms with Crippen LogP contribution in [-0.2, 0) is 6.54 Å². The Morgan fingerprint density at radius 2 is 1.82 bits per heavy atom. The molecule has 1 rings (SSSR count). The third-order valence-electron chi connectivity index (χ3n) is 1.42. The van der Waals surface area contributed by atoms with Gasteiger partial charge in [-0.3, -0.25) is 0 Å². The molecule has 0 atom stereocenters. The summed E-state index contributed by atoms with van der Waals surface area (Å²) in [4.78, 5) is 0. The molecule has 0 saturated heterocycles. The monoisotopic (exact) mass is 277 g/mol. The first-order chi connectivity index (χ1) is 5.25.